The van der Waals surface area contributed by atoms with Gasteiger partial charge in [-0.3, -0.25) is 24.1 Å². The highest BCUT2D eigenvalue weighted by molar-refractivity contribution is 6.26. The van der Waals surface area contributed by atoms with Crippen molar-refractivity contribution in [2.45, 2.75) is 38.8 Å². The highest BCUT2D eigenvalue weighted by Gasteiger charge is 2.40. The Kier molecular flexibility index (Phi) is 6.42. The molecule has 0 bridgehead atoms. The Morgan fingerprint density at radius 3 is 2.10 bits per heavy atom. The van der Waals surface area contributed by atoms with E-state index in [0.717, 1.165) is 21.5 Å². The molecule has 6 rings (SSSR count). The number of anilines is 2. The van der Waals surface area contributed by atoms with Crippen LogP contribution in [0.1, 0.15) is 59.0 Å². The Morgan fingerprint density at radius 2 is 1.45 bits per heavy atom. The van der Waals surface area contributed by atoms with Crippen LogP contribution in [0, 0.1) is 0 Å². The van der Waals surface area contributed by atoms with E-state index in [1.807, 2.05) is 85.5 Å². The van der Waals surface area contributed by atoms with Gasteiger partial charge >= 0.3 is 0 Å². The van der Waals surface area contributed by atoms with Gasteiger partial charge in [-0.15, -0.1) is 0 Å². The van der Waals surface area contributed by atoms with E-state index < -0.39 is 24.4 Å². The van der Waals surface area contributed by atoms with E-state index in [0.29, 0.717) is 35.0 Å². The number of para-hydroxylation sites is 2. The van der Waals surface area contributed by atoms with Crippen LogP contribution in [-0.2, 0) is 9.59 Å². The molecule has 2 atom stereocenters. The fourth-order valence-electron chi connectivity index (χ4n) is 6.10. The van der Waals surface area contributed by atoms with Crippen molar-refractivity contribution in [3.63, 3.8) is 0 Å². The first-order valence-corrected chi connectivity index (χ1v) is 13.6. The highest BCUT2D eigenvalue weighted by Crippen LogP contribution is 2.42. The van der Waals surface area contributed by atoms with E-state index in [-0.39, 0.29) is 17.9 Å². The van der Waals surface area contributed by atoms with Gasteiger partial charge in [0, 0.05) is 40.4 Å². The molecule has 0 aliphatic carbocycles. The second kappa shape index (κ2) is 10.1. The minimum Gasteiger partial charge on any atom is -0.309 e. The number of carbonyl (C=O) groups is 4. The molecular formula is C33H29N3O4. The average Bonchev–Trinajstić information content (AvgIpc) is 2.98. The molecule has 0 saturated heterocycles. The van der Waals surface area contributed by atoms with Crippen LogP contribution in [0.3, 0.4) is 0 Å². The second-order valence-corrected chi connectivity index (χ2v) is 10.3. The van der Waals surface area contributed by atoms with Gasteiger partial charge in [0.15, 0.2) is 0 Å². The van der Waals surface area contributed by atoms with Gasteiger partial charge in [0.2, 0.25) is 11.8 Å². The van der Waals surface area contributed by atoms with Gasteiger partial charge in [0.1, 0.15) is 6.54 Å². The number of rotatable bonds is 5. The SMILES string of the molecule is CCC(=O)N1c2ccccc2[C@H](N(C(=O)CN2C(=O)c3cccc4cccc(c34)C2=O)c2ccccc2)C[C@H]1C. The molecule has 0 fully saturated rings. The fourth-order valence-corrected chi connectivity index (χ4v) is 6.10. The molecule has 0 unspecified atom stereocenters. The summed E-state index contributed by atoms with van der Waals surface area (Å²) in [5.41, 5.74) is 3.12. The number of nitrogens with zero attached hydrogens (tertiary/aromatic N) is 3. The summed E-state index contributed by atoms with van der Waals surface area (Å²) in [4.78, 5) is 58.8. The van der Waals surface area contributed by atoms with Crippen LogP contribution in [0.25, 0.3) is 10.8 Å². The number of imide groups is 1. The van der Waals surface area contributed by atoms with E-state index in [2.05, 4.69) is 0 Å². The van der Waals surface area contributed by atoms with E-state index >= 15 is 0 Å². The molecule has 2 aliphatic rings. The summed E-state index contributed by atoms with van der Waals surface area (Å²) in [7, 11) is 0. The molecule has 7 nitrogen and oxygen atoms in total. The molecular weight excluding hydrogens is 502 g/mol. The number of fused-ring (bicyclic) bond motifs is 1. The number of carbonyl (C=O) groups excluding carboxylic acids is 4. The van der Waals surface area contributed by atoms with E-state index in [1.54, 1.807) is 29.2 Å². The van der Waals surface area contributed by atoms with Crippen molar-refractivity contribution in [2.75, 3.05) is 16.3 Å². The standard InChI is InChI=1S/C33H29N3O4/c1-3-29(37)35-21(2)19-28(24-15-7-8-18-27(24)35)36(23-13-5-4-6-14-23)30(38)20-34-32(39)25-16-9-11-22-12-10-17-26(31(22)25)33(34)40/h4-18,21,28H,3,19-20H2,1-2H3/t21-,28-/m1/s1. The topological polar surface area (TPSA) is 78.0 Å². The van der Waals surface area contributed by atoms with E-state index in [4.69, 9.17) is 0 Å². The van der Waals surface area contributed by atoms with Crippen LogP contribution >= 0.6 is 0 Å². The minimum atomic E-state index is -0.479. The van der Waals surface area contributed by atoms with Gasteiger partial charge in [0.25, 0.3) is 11.8 Å². The van der Waals surface area contributed by atoms with Crippen LogP contribution in [0.2, 0.25) is 0 Å². The molecule has 0 spiro atoms. The van der Waals surface area contributed by atoms with Gasteiger partial charge < -0.3 is 9.80 Å². The minimum absolute atomic E-state index is 0.0216. The van der Waals surface area contributed by atoms with Crippen molar-refractivity contribution in [3.05, 3.63) is 108 Å². The van der Waals surface area contributed by atoms with Crippen LogP contribution < -0.4 is 9.80 Å². The molecule has 200 valence electrons. The number of hydrogen-bond donors (Lipinski definition) is 0. The van der Waals surface area contributed by atoms with E-state index in [9.17, 15) is 19.2 Å². The van der Waals surface area contributed by atoms with Gasteiger partial charge in [-0.1, -0.05) is 67.6 Å². The summed E-state index contributed by atoms with van der Waals surface area (Å²) < 4.78 is 0. The number of benzene rings is 4. The molecule has 4 aromatic carbocycles. The number of amides is 4. The Bertz CT molecular complexity index is 1610. The second-order valence-electron chi connectivity index (χ2n) is 10.3. The van der Waals surface area contributed by atoms with Crippen LogP contribution in [0.15, 0.2) is 91.0 Å². The van der Waals surface area contributed by atoms with Gasteiger partial charge in [-0.2, -0.15) is 0 Å². The zero-order valence-electron chi connectivity index (χ0n) is 22.4. The maximum Gasteiger partial charge on any atom is 0.261 e. The summed E-state index contributed by atoms with van der Waals surface area (Å²) in [5, 5.41) is 1.44. The van der Waals surface area contributed by atoms with Crippen molar-refractivity contribution in [2.24, 2.45) is 0 Å². The molecule has 0 N–H and O–H groups in total. The van der Waals surface area contributed by atoms with Gasteiger partial charge in [-0.25, -0.2) is 0 Å². The molecule has 4 amide bonds. The molecule has 0 radical (unpaired) electrons. The van der Waals surface area contributed by atoms with Gasteiger partial charge in [0.05, 0.1) is 6.04 Å². The Balaban J connectivity index is 1.40. The van der Waals surface area contributed by atoms with Crippen molar-refractivity contribution in [3.8, 4) is 0 Å². The summed E-state index contributed by atoms with van der Waals surface area (Å²) >= 11 is 0. The summed E-state index contributed by atoms with van der Waals surface area (Å²) in [6.45, 7) is 3.43. The third kappa shape index (κ3) is 4.06. The predicted octanol–water partition coefficient (Wildman–Crippen LogP) is 5.75. The molecule has 0 aromatic heterocycles. The Labute approximate surface area is 232 Å². The lowest BCUT2D eigenvalue weighted by Crippen LogP contribution is -2.51. The van der Waals surface area contributed by atoms with Crippen molar-refractivity contribution in [1.82, 2.24) is 4.90 Å². The first-order valence-electron chi connectivity index (χ1n) is 13.6. The van der Waals surface area contributed by atoms with Crippen molar-refractivity contribution in [1.29, 1.82) is 0 Å². The van der Waals surface area contributed by atoms with Crippen molar-refractivity contribution < 1.29 is 19.2 Å². The molecule has 4 aromatic rings. The third-order valence-corrected chi connectivity index (χ3v) is 7.90. The van der Waals surface area contributed by atoms with Crippen LogP contribution in [-0.4, -0.2) is 41.1 Å². The maximum atomic E-state index is 14.2. The zero-order valence-corrected chi connectivity index (χ0v) is 22.4. The Morgan fingerprint density at radius 1 is 0.825 bits per heavy atom. The smallest absolute Gasteiger partial charge is 0.261 e. The molecule has 40 heavy (non-hydrogen) atoms. The third-order valence-electron chi connectivity index (χ3n) is 7.90. The normalized spacial score (nSPS) is 18.1. The largest absolute Gasteiger partial charge is 0.309 e. The lowest BCUT2D eigenvalue weighted by Gasteiger charge is -2.44. The lowest BCUT2D eigenvalue weighted by molar-refractivity contribution is -0.119. The quantitative estimate of drug-likeness (QED) is 0.308. The monoisotopic (exact) mass is 531 g/mol. The molecule has 7 heteroatoms. The summed E-state index contributed by atoms with van der Waals surface area (Å²) in [5.74, 6) is -1.31. The first-order chi connectivity index (χ1) is 19.4. The predicted molar refractivity (Wildman–Crippen MR) is 154 cm³/mol. The zero-order chi connectivity index (χ0) is 28.0. The Hall–Kier alpha value is -4.78. The molecule has 0 saturated carbocycles. The lowest BCUT2D eigenvalue weighted by atomic mass is 9.89. The number of hydrogen-bond acceptors (Lipinski definition) is 4. The average molecular weight is 532 g/mol. The maximum absolute atomic E-state index is 14.2. The summed E-state index contributed by atoms with van der Waals surface area (Å²) in [6, 6.07) is 27.1. The fraction of sp³-hybridized carbons (Fsp3) is 0.212. The highest BCUT2D eigenvalue weighted by atomic mass is 16.2. The van der Waals surface area contributed by atoms with Crippen LogP contribution in [0.4, 0.5) is 11.4 Å². The van der Waals surface area contributed by atoms with Crippen LogP contribution in [0.5, 0.6) is 0 Å². The molecule has 2 heterocycles. The first kappa shape index (κ1) is 25.5. The molecule has 2 aliphatic heterocycles. The van der Waals surface area contributed by atoms with E-state index in [1.165, 1.54) is 0 Å². The van der Waals surface area contributed by atoms with Crippen molar-refractivity contribution >= 4 is 45.8 Å². The van der Waals surface area contributed by atoms with Gasteiger partial charge in [-0.05, 0) is 54.6 Å². The summed E-state index contributed by atoms with van der Waals surface area (Å²) in [6.07, 6.45) is 0.880.